The number of carbonyl (C=O) groups is 1. The molecule has 84 valence electrons. The van der Waals surface area contributed by atoms with E-state index in [0.29, 0.717) is 12.2 Å². The topological polar surface area (TPSA) is 26.3 Å². The second-order valence-electron chi connectivity index (χ2n) is 3.04. The van der Waals surface area contributed by atoms with Crippen LogP contribution in [-0.2, 0) is 4.74 Å². The van der Waals surface area contributed by atoms with Crippen molar-refractivity contribution in [2.75, 3.05) is 11.9 Å². The minimum atomic E-state index is -0.299. The maximum absolute atomic E-state index is 11.4. The summed E-state index contributed by atoms with van der Waals surface area (Å²) in [7, 11) is 0. The molecule has 0 saturated heterocycles. The largest absolute Gasteiger partial charge is 0.462 e. The van der Waals surface area contributed by atoms with Gasteiger partial charge in [-0.05, 0) is 25.1 Å². The quantitative estimate of drug-likeness (QED) is 0.483. The number of esters is 1. The Morgan fingerprint density at radius 1 is 1.50 bits per heavy atom. The molecule has 0 spiro atoms. The molecular formula is C13H13BrO2. The summed E-state index contributed by atoms with van der Waals surface area (Å²) in [4.78, 5) is 11.4. The number of hydrogen-bond acceptors (Lipinski definition) is 2. The molecule has 0 unspecified atom stereocenters. The number of alkyl halides is 1. The fourth-order valence-electron chi connectivity index (χ4n) is 1.15. The Labute approximate surface area is 104 Å². The third-order valence-corrected chi connectivity index (χ3v) is 2.22. The van der Waals surface area contributed by atoms with E-state index in [4.69, 9.17) is 4.74 Å². The van der Waals surface area contributed by atoms with Gasteiger partial charge in [0.25, 0.3) is 0 Å². The van der Waals surface area contributed by atoms with Crippen LogP contribution in [0.5, 0.6) is 0 Å². The lowest BCUT2D eigenvalue weighted by Gasteiger charge is -2.01. The summed E-state index contributed by atoms with van der Waals surface area (Å²) < 4.78 is 4.91. The smallest absolute Gasteiger partial charge is 0.338 e. The van der Waals surface area contributed by atoms with Crippen LogP contribution in [0.4, 0.5) is 0 Å². The van der Waals surface area contributed by atoms with Crippen LogP contribution < -0.4 is 0 Å². The summed E-state index contributed by atoms with van der Waals surface area (Å²) in [5.74, 6) is 5.70. The molecule has 0 aliphatic rings. The van der Waals surface area contributed by atoms with Crippen LogP contribution in [-0.4, -0.2) is 17.9 Å². The maximum atomic E-state index is 11.4. The summed E-state index contributed by atoms with van der Waals surface area (Å²) in [5, 5.41) is 0.859. The van der Waals surface area contributed by atoms with Crippen molar-refractivity contribution in [1.29, 1.82) is 0 Å². The molecular weight excluding hydrogens is 268 g/mol. The molecule has 1 aromatic rings. The molecule has 0 aromatic heterocycles. The third-order valence-electron chi connectivity index (χ3n) is 1.83. The molecule has 0 aliphatic heterocycles. The van der Waals surface area contributed by atoms with Crippen molar-refractivity contribution in [2.24, 2.45) is 0 Å². The second-order valence-corrected chi connectivity index (χ2v) is 3.84. The zero-order valence-electron chi connectivity index (χ0n) is 9.13. The first-order valence-electron chi connectivity index (χ1n) is 5.10. The van der Waals surface area contributed by atoms with Gasteiger partial charge < -0.3 is 4.74 Å². The third kappa shape index (κ3) is 4.08. The van der Waals surface area contributed by atoms with Crippen LogP contribution in [0, 0.1) is 11.8 Å². The fourth-order valence-corrected chi connectivity index (χ4v) is 1.35. The molecule has 1 rings (SSSR count). The average Bonchev–Trinajstić information content (AvgIpc) is 2.30. The van der Waals surface area contributed by atoms with E-state index in [1.807, 2.05) is 12.1 Å². The van der Waals surface area contributed by atoms with Gasteiger partial charge in [-0.25, -0.2) is 4.79 Å². The van der Waals surface area contributed by atoms with Crippen LogP contribution in [0.3, 0.4) is 0 Å². The van der Waals surface area contributed by atoms with Gasteiger partial charge in [-0.2, -0.15) is 0 Å². The lowest BCUT2D eigenvalue weighted by atomic mass is 10.1. The number of halogens is 1. The number of ether oxygens (including phenoxy) is 1. The molecule has 1 aromatic carbocycles. The minimum absolute atomic E-state index is 0.299. The summed E-state index contributed by atoms with van der Waals surface area (Å²) in [5.41, 5.74) is 1.39. The highest BCUT2D eigenvalue weighted by atomic mass is 79.9. The lowest BCUT2D eigenvalue weighted by molar-refractivity contribution is 0.0526. The molecule has 0 radical (unpaired) electrons. The van der Waals surface area contributed by atoms with Crippen LogP contribution in [0.15, 0.2) is 24.3 Å². The highest BCUT2D eigenvalue weighted by molar-refractivity contribution is 9.09. The standard InChI is InChI=1S/C13H13BrO2/c1-2-16-13(15)12-8-5-7-11(10-12)6-3-4-9-14/h5,7-8,10H,2,4,9H2,1H3. The van der Waals surface area contributed by atoms with Crippen molar-refractivity contribution in [2.45, 2.75) is 13.3 Å². The predicted octanol–water partition coefficient (Wildman–Crippen LogP) is 3.00. The molecule has 2 nitrogen and oxygen atoms in total. The van der Waals surface area contributed by atoms with Crippen LogP contribution >= 0.6 is 15.9 Å². The van der Waals surface area contributed by atoms with Gasteiger partial charge in [0.2, 0.25) is 0 Å². The van der Waals surface area contributed by atoms with Crippen LogP contribution in [0.2, 0.25) is 0 Å². The highest BCUT2D eigenvalue weighted by Crippen LogP contribution is 2.06. The van der Waals surface area contributed by atoms with E-state index < -0.39 is 0 Å². The van der Waals surface area contributed by atoms with Gasteiger partial charge in [-0.1, -0.05) is 33.8 Å². The van der Waals surface area contributed by atoms with E-state index in [1.54, 1.807) is 19.1 Å². The van der Waals surface area contributed by atoms with E-state index >= 15 is 0 Å². The zero-order chi connectivity index (χ0) is 11.8. The molecule has 0 heterocycles. The Morgan fingerprint density at radius 3 is 3.00 bits per heavy atom. The van der Waals surface area contributed by atoms with Gasteiger partial charge in [-0.15, -0.1) is 0 Å². The molecule has 0 fully saturated rings. The van der Waals surface area contributed by atoms with E-state index in [2.05, 4.69) is 27.8 Å². The summed E-state index contributed by atoms with van der Waals surface area (Å²) in [6, 6.07) is 7.17. The van der Waals surface area contributed by atoms with Crippen molar-refractivity contribution in [3.05, 3.63) is 35.4 Å². The number of carbonyl (C=O) groups excluding carboxylic acids is 1. The van der Waals surface area contributed by atoms with Crippen molar-refractivity contribution in [3.63, 3.8) is 0 Å². The Morgan fingerprint density at radius 2 is 2.31 bits per heavy atom. The van der Waals surface area contributed by atoms with Gasteiger partial charge in [0.1, 0.15) is 0 Å². The van der Waals surface area contributed by atoms with E-state index in [1.165, 1.54) is 0 Å². The molecule has 0 bridgehead atoms. The molecule has 0 amide bonds. The number of rotatable bonds is 3. The molecule has 16 heavy (non-hydrogen) atoms. The molecule has 0 saturated carbocycles. The molecule has 0 N–H and O–H groups in total. The summed E-state index contributed by atoms with van der Waals surface area (Å²) >= 11 is 3.30. The Bertz CT molecular complexity index is 415. The summed E-state index contributed by atoms with van der Waals surface area (Å²) in [6.45, 7) is 2.18. The van der Waals surface area contributed by atoms with E-state index in [9.17, 15) is 4.79 Å². The molecule has 0 aliphatic carbocycles. The first-order chi connectivity index (χ1) is 7.77. The van der Waals surface area contributed by atoms with Crippen LogP contribution in [0.25, 0.3) is 0 Å². The normalized spacial score (nSPS) is 9.12. The monoisotopic (exact) mass is 280 g/mol. The van der Waals surface area contributed by atoms with Gasteiger partial charge >= 0.3 is 5.97 Å². The first kappa shape index (κ1) is 12.8. The van der Waals surface area contributed by atoms with Crippen LogP contribution in [0.1, 0.15) is 29.3 Å². The lowest BCUT2D eigenvalue weighted by Crippen LogP contribution is -2.04. The van der Waals surface area contributed by atoms with E-state index in [-0.39, 0.29) is 5.97 Å². The van der Waals surface area contributed by atoms with Crippen molar-refractivity contribution in [3.8, 4) is 11.8 Å². The van der Waals surface area contributed by atoms with Gasteiger partial charge in [-0.3, -0.25) is 0 Å². The van der Waals surface area contributed by atoms with Gasteiger partial charge in [0.05, 0.1) is 12.2 Å². The SMILES string of the molecule is CCOC(=O)c1cccc(C#CCCBr)c1. The highest BCUT2D eigenvalue weighted by Gasteiger charge is 2.05. The van der Waals surface area contributed by atoms with Crippen molar-refractivity contribution < 1.29 is 9.53 Å². The predicted molar refractivity (Wildman–Crippen MR) is 67.7 cm³/mol. The first-order valence-corrected chi connectivity index (χ1v) is 6.22. The average molecular weight is 281 g/mol. The maximum Gasteiger partial charge on any atom is 0.338 e. The molecule has 3 heteroatoms. The number of hydrogen-bond donors (Lipinski definition) is 0. The number of benzene rings is 1. The Hall–Kier alpha value is -1.27. The minimum Gasteiger partial charge on any atom is -0.462 e. The Balaban J connectivity index is 2.79. The van der Waals surface area contributed by atoms with E-state index in [0.717, 1.165) is 17.3 Å². The van der Waals surface area contributed by atoms with Gasteiger partial charge in [0, 0.05) is 17.3 Å². The van der Waals surface area contributed by atoms with Crippen molar-refractivity contribution in [1.82, 2.24) is 0 Å². The Kier molecular flexibility index (Phi) is 5.66. The van der Waals surface area contributed by atoms with Gasteiger partial charge in [0.15, 0.2) is 0 Å². The fraction of sp³-hybridized carbons (Fsp3) is 0.308. The summed E-state index contributed by atoms with van der Waals surface area (Å²) in [6.07, 6.45) is 0.795. The zero-order valence-corrected chi connectivity index (χ0v) is 10.7. The van der Waals surface area contributed by atoms with Crippen molar-refractivity contribution >= 4 is 21.9 Å². The molecule has 0 atom stereocenters. The second kappa shape index (κ2) is 7.08.